The van der Waals surface area contributed by atoms with Gasteiger partial charge in [-0.15, -0.1) is 21.5 Å². The van der Waals surface area contributed by atoms with E-state index < -0.39 is 17.5 Å². The molecule has 2 aromatic heterocycles. The van der Waals surface area contributed by atoms with Gasteiger partial charge >= 0.3 is 0 Å². The van der Waals surface area contributed by atoms with Crippen LogP contribution < -0.4 is 5.32 Å². The van der Waals surface area contributed by atoms with Gasteiger partial charge in [-0.2, -0.15) is 0 Å². The minimum absolute atomic E-state index is 0.122. The van der Waals surface area contributed by atoms with E-state index in [1.807, 2.05) is 0 Å². The van der Waals surface area contributed by atoms with E-state index in [0.717, 1.165) is 28.5 Å². The normalized spacial score (nSPS) is 10.8. The highest BCUT2D eigenvalue weighted by Gasteiger charge is 2.21. The standard InChI is InChI=1S/C14H10F2N4OS2/c1-6-11(12(21)18-14-20-19-7(2)22-14)23-13(17-6)10-8(15)4-3-5-9(10)16/h3-5H,1-2H3,(H,18,20,21). The van der Waals surface area contributed by atoms with E-state index in [2.05, 4.69) is 20.5 Å². The van der Waals surface area contributed by atoms with Crippen molar-refractivity contribution in [2.45, 2.75) is 13.8 Å². The van der Waals surface area contributed by atoms with Crippen LogP contribution in [0.1, 0.15) is 20.4 Å². The molecule has 118 valence electrons. The van der Waals surface area contributed by atoms with Crippen LogP contribution >= 0.6 is 22.7 Å². The van der Waals surface area contributed by atoms with E-state index in [1.54, 1.807) is 13.8 Å². The van der Waals surface area contributed by atoms with Crippen LogP contribution in [0.25, 0.3) is 10.6 Å². The Morgan fingerprint density at radius 1 is 1.13 bits per heavy atom. The molecule has 3 rings (SSSR count). The van der Waals surface area contributed by atoms with Gasteiger partial charge < -0.3 is 0 Å². The molecule has 1 N–H and O–H groups in total. The number of aryl methyl sites for hydroxylation is 2. The van der Waals surface area contributed by atoms with Gasteiger partial charge in [0.1, 0.15) is 26.5 Å². The summed E-state index contributed by atoms with van der Waals surface area (Å²) in [5.74, 6) is -1.87. The minimum atomic E-state index is -0.717. The number of nitrogens with one attached hydrogen (secondary N) is 1. The zero-order valence-corrected chi connectivity index (χ0v) is 13.7. The Bertz CT molecular complexity index is 871. The van der Waals surface area contributed by atoms with Crippen molar-refractivity contribution in [3.63, 3.8) is 0 Å². The van der Waals surface area contributed by atoms with Crippen LogP contribution in [0.5, 0.6) is 0 Å². The maximum absolute atomic E-state index is 13.8. The summed E-state index contributed by atoms with van der Waals surface area (Å²) in [7, 11) is 0. The smallest absolute Gasteiger partial charge is 0.269 e. The Labute approximate surface area is 138 Å². The monoisotopic (exact) mass is 352 g/mol. The number of benzene rings is 1. The summed E-state index contributed by atoms with van der Waals surface area (Å²) in [5.41, 5.74) is 0.165. The molecular formula is C14H10F2N4OS2. The molecule has 3 aromatic rings. The fourth-order valence-electron chi connectivity index (χ4n) is 1.92. The zero-order valence-electron chi connectivity index (χ0n) is 12.1. The average Bonchev–Trinajstić information content (AvgIpc) is 3.05. The van der Waals surface area contributed by atoms with Crippen LogP contribution in [0.15, 0.2) is 18.2 Å². The quantitative estimate of drug-likeness (QED) is 0.778. The molecule has 0 saturated carbocycles. The van der Waals surface area contributed by atoms with Crippen molar-refractivity contribution >= 4 is 33.7 Å². The highest BCUT2D eigenvalue weighted by atomic mass is 32.1. The van der Waals surface area contributed by atoms with Crippen molar-refractivity contribution in [2.24, 2.45) is 0 Å². The van der Waals surface area contributed by atoms with Crippen LogP contribution in [-0.4, -0.2) is 21.1 Å². The highest BCUT2D eigenvalue weighted by molar-refractivity contribution is 7.17. The largest absolute Gasteiger partial charge is 0.296 e. The number of rotatable bonds is 3. The molecule has 5 nitrogen and oxygen atoms in total. The molecule has 1 aromatic carbocycles. The Balaban J connectivity index is 1.93. The van der Waals surface area contributed by atoms with Gasteiger partial charge in [-0.1, -0.05) is 17.4 Å². The number of hydrogen-bond acceptors (Lipinski definition) is 6. The Morgan fingerprint density at radius 3 is 2.43 bits per heavy atom. The lowest BCUT2D eigenvalue weighted by atomic mass is 10.2. The lowest BCUT2D eigenvalue weighted by Crippen LogP contribution is -2.11. The molecule has 23 heavy (non-hydrogen) atoms. The first-order chi connectivity index (χ1) is 11.0. The maximum Gasteiger partial charge on any atom is 0.269 e. The third kappa shape index (κ3) is 3.10. The molecule has 0 saturated heterocycles. The first kappa shape index (κ1) is 15.6. The van der Waals surface area contributed by atoms with E-state index in [1.165, 1.54) is 17.4 Å². The van der Waals surface area contributed by atoms with Gasteiger partial charge in [0.25, 0.3) is 5.91 Å². The lowest BCUT2D eigenvalue weighted by molar-refractivity contribution is 0.102. The molecule has 1 amide bonds. The topological polar surface area (TPSA) is 67.8 Å². The number of hydrogen-bond donors (Lipinski definition) is 1. The highest BCUT2D eigenvalue weighted by Crippen LogP contribution is 2.32. The summed E-state index contributed by atoms with van der Waals surface area (Å²) < 4.78 is 27.7. The van der Waals surface area contributed by atoms with Crippen molar-refractivity contribution in [1.29, 1.82) is 0 Å². The molecule has 0 fully saturated rings. The summed E-state index contributed by atoms with van der Waals surface area (Å²) >= 11 is 2.16. The molecule has 0 unspecified atom stereocenters. The van der Waals surface area contributed by atoms with E-state index in [9.17, 15) is 13.6 Å². The van der Waals surface area contributed by atoms with Gasteiger partial charge in [0.05, 0.1) is 11.3 Å². The number of carbonyl (C=O) groups is 1. The molecule has 0 bridgehead atoms. The molecule has 0 atom stereocenters. The molecule has 2 heterocycles. The van der Waals surface area contributed by atoms with Crippen molar-refractivity contribution in [1.82, 2.24) is 15.2 Å². The summed E-state index contributed by atoms with van der Waals surface area (Å²) in [6, 6.07) is 3.58. The van der Waals surface area contributed by atoms with Gasteiger partial charge in [-0.3, -0.25) is 10.1 Å². The predicted molar refractivity (Wildman–Crippen MR) is 84.8 cm³/mol. The lowest BCUT2D eigenvalue weighted by Gasteiger charge is -2.00. The minimum Gasteiger partial charge on any atom is -0.296 e. The molecule has 0 radical (unpaired) electrons. The molecule has 0 aliphatic carbocycles. The van der Waals surface area contributed by atoms with E-state index in [4.69, 9.17) is 0 Å². The Hall–Kier alpha value is -2.26. The molecular weight excluding hydrogens is 342 g/mol. The number of halogens is 2. The zero-order chi connectivity index (χ0) is 16.6. The van der Waals surface area contributed by atoms with Crippen LogP contribution in [0, 0.1) is 25.5 Å². The fraction of sp³-hybridized carbons (Fsp3) is 0.143. The Morgan fingerprint density at radius 2 is 1.83 bits per heavy atom. The van der Waals surface area contributed by atoms with Crippen molar-refractivity contribution in [2.75, 3.05) is 5.32 Å². The van der Waals surface area contributed by atoms with Gasteiger partial charge in [-0.25, -0.2) is 13.8 Å². The maximum atomic E-state index is 13.8. The number of anilines is 1. The third-order valence-corrected chi connectivity index (χ3v) is 4.85. The number of thiazole rings is 1. The molecule has 0 spiro atoms. The van der Waals surface area contributed by atoms with Crippen LogP contribution in [0.3, 0.4) is 0 Å². The second-order valence-electron chi connectivity index (χ2n) is 4.61. The number of amides is 1. The number of aromatic nitrogens is 3. The first-order valence-corrected chi connectivity index (χ1v) is 8.12. The SMILES string of the molecule is Cc1nnc(NC(=O)c2sc(-c3c(F)cccc3F)nc2C)s1. The average molecular weight is 352 g/mol. The molecule has 9 heteroatoms. The molecule has 0 aliphatic heterocycles. The molecule has 0 aliphatic rings. The van der Waals surface area contributed by atoms with Crippen molar-refractivity contribution < 1.29 is 13.6 Å². The van der Waals surface area contributed by atoms with Gasteiger partial charge in [0.2, 0.25) is 5.13 Å². The van der Waals surface area contributed by atoms with E-state index in [-0.39, 0.29) is 15.4 Å². The van der Waals surface area contributed by atoms with E-state index >= 15 is 0 Å². The Kier molecular flexibility index (Phi) is 4.14. The van der Waals surface area contributed by atoms with Crippen molar-refractivity contribution in [3.05, 3.63) is 45.4 Å². The van der Waals surface area contributed by atoms with Crippen LogP contribution in [-0.2, 0) is 0 Å². The van der Waals surface area contributed by atoms with Crippen LogP contribution in [0.2, 0.25) is 0 Å². The fourth-order valence-corrected chi connectivity index (χ4v) is 3.51. The second-order valence-corrected chi connectivity index (χ2v) is 6.79. The first-order valence-electron chi connectivity index (χ1n) is 6.49. The number of nitrogens with zero attached hydrogens (tertiary/aromatic N) is 3. The second kappa shape index (κ2) is 6.09. The van der Waals surface area contributed by atoms with Gasteiger partial charge in [0.15, 0.2) is 0 Å². The summed E-state index contributed by atoms with van der Waals surface area (Å²) in [4.78, 5) is 16.7. The van der Waals surface area contributed by atoms with Gasteiger partial charge in [-0.05, 0) is 26.0 Å². The number of carbonyl (C=O) groups excluding carboxylic acids is 1. The summed E-state index contributed by atoms with van der Waals surface area (Å²) in [6.07, 6.45) is 0. The third-order valence-electron chi connectivity index (χ3n) is 2.93. The predicted octanol–water partition coefficient (Wildman–Crippen LogP) is 3.81. The summed E-state index contributed by atoms with van der Waals surface area (Å²) in [6.45, 7) is 3.38. The van der Waals surface area contributed by atoms with Crippen molar-refractivity contribution in [3.8, 4) is 10.6 Å². The van der Waals surface area contributed by atoms with Crippen LogP contribution in [0.4, 0.5) is 13.9 Å². The summed E-state index contributed by atoms with van der Waals surface area (Å²) in [5, 5.41) is 11.4. The van der Waals surface area contributed by atoms with E-state index in [0.29, 0.717) is 10.8 Å². The van der Waals surface area contributed by atoms with Gasteiger partial charge in [0, 0.05) is 0 Å².